The van der Waals surface area contributed by atoms with Crippen LogP contribution in [-0.4, -0.2) is 70.2 Å². The van der Waals surface area contributed by atoms with Gasteiger partial charge in [0.2, 0.25) is 0 Å². The van der Waals surface area contributed by atoms with E-state index in [0.717, 1.165) is 11.0 Å². The van der Waals surface area contributed by atoms with Crippen molar-refractivity contribution >= 4 is 0 Å². The van der Waals surface area contributed by atoms with E-state index in [4.69, 9.17) is 21.3 Å². The first kappa shape index (κ1) is 16.2. The van der Waals surface area contributed by atoms with Crippen LogP contribution in [-0.2, 0) is 4.74 Å². The summed E-state index contributed by atoms with van der Waals surface area (Å²) in [5.41, 5.74) is 10.2. The molecule has 88 valence electrons. The molecule has 14 heavy (non-hydrogen) atoms. The van der Waals surface area contributed by atoms with E-state index in [1.807, 2.05) is 0 Å². The van der Waals surface area contributed by atoms with Gasteiger partial charge in [-0.3, -0.25) is 0 Å². The van der Waals surface area contributed by atoms with E-state index in [2.05, 4.69) is 21.1 Å². The van der Waals surface area contributed by atoms with Crippen LogP contribution < -0.4 is 11.5 Å². The second kappa shape index (κ2) is 10.9. The average Bonchev–Trinajstić information content (AvgIpc) is 2.04. The van der Waals surface area contributed by atoms with Crippen molar-refractivity contribution in [2.45, 2.75) is 0 Å². The molecule has 0 radical (unpaired) electrons. The molecule has 5 heteroatoms. The fourth-order valence-corrected chi connectivity index (χ4v) is 0.569. The van der Waals surface area contributed by atoms with Crippen LogP contribution in [0, 0.1) is 0 Å². The quantitative estimate of drug-likeness (QED) is 0.371. The summed E-state index contributed by atoms with van der Waals surface area (Å²) in [6.07, 6.45) is 0. The zero-order chi connectivity index (χ0) is 11.4. The number of nitrogens with two attached hydrogens (primary N) is 2. The smallest absolute Gasteiger partial charge is 0.101 e. The van der Waals surface area contributed by atoms with Gasteiger partial charge >= 0.3 is 0 Å². The number of aliphatic hydroxyl groups is 1. The summed E-state index contributed by atoms with van der Waals surface area (Å²) in [4.78, 5) is 0. The van der Waals surface area contributed by atoms with E-state index >= 15 is 0 Å². The van der Waals surface area contributed by atoms with Crippen molar-refractivity contribution in [2.75, 3.05) is 60.6 Å². The van der Waals surface area contributed by atoms with Crippen LogP contribution in [0.1, 0.15) is 0 Å². The van der Waals surface area contributed by atoms with Crippen molar-refractivity contribution in [3.8, 4) is 0 Å². The largest absolute Gasteiger partial charge is 0.391 e. The molecule has 0 saturated heterocycles. The topological polar surface area (TPSA) is 81.5 Å². The van der Waals surface area contributed by atoms with Gasteiger partial charge in [0.15, 0.2) is 0 Å². The van der Waals surface area contributed by atoms with Gasteiger partial charge in [0.25, 0.3) is 0 Å². The standard InChI is InChI=1S/C5H14NO.C4H12N2O/c1-6(2,3)4-5-7;5-1-3-7-4-2-6/h7H,4-5H2,1-3H3;1-6H2/q+1;. The molecule has 0 aliphatic rings. The molecule has 0 amide bonds. The molecular weight excluding hydrogens is 182 g/mol. The Morgan fingerprint density at radius 2 is 1.50 bits per heavy atom. The molecule has 0 saturated carbocycles. The molecule has 0 unspecified atom stereocenters. The van der Waals surface area contributed by atoms with Gasteiger partial charge in [-0.1, -0.05) is 0 Å². The summed E-state index contributed by atoms with van der Waals surface area (Å²) < 4.78 is 5.73. The normalized spacial score (nSPS) is 10.7. The van der Waals surface area contributed by atoms with Gasteiger partial charge in [-0.05, 0) is 0 Å². The van der Waals surface area contributed by atoms with Gasteiger partial charge in [0.05, 0.1) is 41.0 Å². The first-order chi connectivity index (χ1) is 6.47. The molecule has 0 aromatic heterocycles. The minimum atomic E-state index is 0.281. The van der Waals surface area contributed by atoms with E-state index in [0.29, 0.717) is 26.3 Å². The summed E-state index contributed by atoms with van der Waals surface area (Å²) >= 11 is 0. The van der Waals surface area contributed by atoms with Crippen molar-refractivity contribution < 1.29 is 14.3 Å². The Morgan fingerprint density at radius 1 is 1.07 bits per heavy atom. The Kier molecular flexibility index (Phi) is 12.6. The molecule has 5 nitrogen and oxygen atoms in total. The van der Waals surface area contributed by atoms with Crippen LogP contribution in [0.3, 0.4) is 0 Å². The lowest BCUT2D eigenvalue weighted by molar-refractivity contribution is -0.870. The van der Waals surface area contributed by atoms with Gasteiger partial charge < -0.3 is 25.8 Å². The fourth-order valence-electron chi connectivity index (χ4n) is 0.569. The Labute approximate surface area is 87.2 Å². The molecule has 0 atom stereocenters. The van der Waals surface area contributed by atoms with Crippen molar-refractivity contribution in [3.05, 3.63) is 0 Å². The summed E-state index contributed by atoms with van der Waals surface area (Å²) in [6, 6.07) is 0. The maximum absolute atomic E-state index is 8.39. The second-order valence-electron chi connectivity index (χ2n) is 3.93. The van der Waals surface area contributed by atoms with Crippen molar-refractivity contribution in [2.24, 2.45) is 11.5 Å². The van der Waals surface area contributed by atoms with E-state index in [1.165, 1.54) is 0 Å². The maximum Gasteiger partial charge on any atom is 0.101 e. The lowest BCUT2D eigenvalue weighted by atomic mass is 10.5. The van der Waals surface area contributed by atoms with Crippen LogP contribution in [0.4, 0.5) is 0 Å². The van der Waals surface area contributed by atoms with E-state index in [1.54, 1.807) is 0 Å². The zero-order valence-electron chi connectivity index (χ0n) is 9.70. The SMILES string of the molecule is C[N+](C)(C)CCO.NCCOCCN. The number of nitrogens with zero attached hydrogens (tertiary/aromatic N) is 1. The fraction of sp³-hybridized carbons (Fsp3) is 1.00. The number of aliphatic hydroxyl groups excluding tert-OH is 1. The maximum atomic E-state index is 8.39. The van der Waals surface area contributed by atoms with Gasteiger partial charge in [-0.15, -0.1) is 0 Å². The minimum Gasteiger partial charge on any atom is -0.391 e. The Hall–Kier alpha value is -0.200. The van der Waals surface area contributed by atoms with Crippen LogP contribution in [0.5, 0.6) is 0 Å². The highest BCUT2D eigenvalue weighted by Crippen LogP contribution is 1.84. The highest BCUT2D eigenvalue weighted by Gasteiger charge is 2.02. The highest BCUT2D eigenvalue weighted by molar-refractivity contribution is 4.31. The molecule has 5 N–H and O–H groups in total. The number of quaternary nitrogens is 1. The van der Waals surface area contributed by atoms with Crippen LogP contribution in [0.15, 0.2) is 0 Å². The van der Waals surface area contributed by atoms with Crippen LogP contribution in [0.25, 0.3) is 0 Å². The predicted octanol–water partition coefficient (Wildman–Crippen LogP) is -1.39. The molecule has 0 rings (SSSR count). The molecule has 0 heterocycles. The lowest BCUT2D eigenvalue weighted by Gasteiger charge is -2.21. The second-order valence-corrected chi connectivity index (χ2v) is 3.93. The average molecular weight is 208 g/mol. The van der Waals surface area contributed by atoms with Gasteiger partial charge in [0.1, 0.15) is 6.54 Å². The number of hydrogen-bond donors (Lipinski definition) is 3. The Bertz CT molecular complexity index is 101. The summed E-state index contributed by atoms with van der Waals surface area (Å²) in [5.74, 6) is 0. The molecule has 0 aliphatic carbocycles. The van der Waals surface area contributed by atoms with Gasteiger partial charge in [-0.25, -0.2) is 0 Å². The van der Waals surface area contributed by atoms with E-state index < -0.39 is 0 Å². The Morgan fingerprint density at radius 3 is 1.64 bits per heavy atom. The molecule has 0 spiro atoms. The van der Waals surface area contributed by atoms with Crippen molar-refractivity contribution in [1.82, 2.24) is 0 Å². The summed E-state index contributed by atoms with van der Waals surface area (Å²) in [6.45, 7) is 3.53. The number of ether oxygens (including phenoxy) is 1. The molecule has 0 aromatic rings. The minimum absolute atomic E-state index is 0.281. The van der Waals surface area contributed by atoms with Gasteiger partial charge in [-0.2, -0.15) is 0 Å². The third kappa shape index (κ3) is 22.6. The van der Waals surface area contributed by atoms with Crippen molar-refractivity contribution in [1.29, 1.82) is 0 Å². The number of likely N-dealkylation sites (N-methyl/N-ethyl adjacent to an activating group) is 1. The predicted molar refractivity (Wildman–Crippen MR) is 58.9 cm³/mol. The number of hydrogen-bond acceptors (Lipinski definition) is 4. The van der Waals surface area contributed by atoms with E-state index in [9.17, 15) is 0 Å². The van der Waals surface area contributed by atoms with Gasteiger partial charge in [0, 0.05) is 13.1 Å². The zero-order valence-corrected chi connectivity index (χ0v) is 9.70. The Balaban J connectivity index is 0. The van der Waals surface area contributed by atoms with E-state index in [-0.39, 0.29) is 6.61 Å². The van der Waals surface area contributed by atoms with Crippen LogP contribution in [0.2, 0.25) is 0 Å². The highest BCUT2D eigenvalue weighted by atomic mass is 16.5. The molecule has 0 fully saturated rings. The third-order valence-electron chi connectivity index (χ3n) is 1.30. The first-order valence-electron chi connectivity index (χ1n) is 4.87. The monoisotopic (exact) mass is 208 g/mol. The molecule has 0 bridgehead atoms. The third-order valence-corrected chi connectivity index (χ3v) is 1.30. The summed E-state index contributed by atoms with van der Waals surface area (Å²) in [5, 5.41) is 8.39. The van der Waals surface area contributed by atoms with Crippen molar-refractivity contribution in [3.63, 3.8) is 0 Å². The summed E-state index contributed by atoms with van der Waals surface area (Å²) in [7, 11) is 6.16. The molecule has 0 aliphatic heterocycles. The van der Waals surface area contributed by atoms with Crippen LogP contribution >= 0.6 is 0 Å². The molecule has 0 aromatic carbocycles. The molecular formula is C9H26N3O2+. The first-order valence-corrected chi connectivity index (χ1v) is 4.87. The lowest BCUT2D eigenvalue weighted by Crippen LogP contribution is -2.36. The number of rotatable bonds is 6.